The molecule has 0 aromatic heterocycles. The third kappa shape index (κ3) is 10.7. The van der Waals surface area contributed by atoms with Crippen molar-refractivity contribution in [2.24, 2.45) is 0 Å². The van der Waals surface area contributed by atoms with Gasteiger partial charge in [0.05, 0.1) is 19.3 Å². The van der Waals surface area contributed by atoms with Crippen molar-refractivity contribution in [1.82, 2.24) is 14.9 Å². The van der Waals surface area contributed by atoms with Gasteiger partial charge < -0.3 is 24.6 Å². The van der Waals surface area contributed by atoms with Crippen molar-refractivity contribution in [2.75, 3.05) is 46.4 Å². The summed E-state index contributed by atoms with van der Waals surface area (Å²) in [4.78, 5) is 2.27. The molecule has 0 saturated carbocycles. The number of benzene rings is 2. The van der Waals surface area contributed by atoms with Crippen molar-refractivity contribution in [2.45, 2.75) is 62.8 Å². The van der Waals surface area contributed by atoms with Crippen molar-refractivity contribution >= 4 is 58.6 Å². The number of ether oxygens (including phenoxy) is 1. The molecule has 0 amide bonds. The van der Waals surface area contributed by atoms with Gasteiger partial charge in [0.25, 0.3) is 0 Å². The Morgan fingerprint density at radius 2 is 1.56 bits per heavy atom. The molecule has 0 spiro atoms. The summed E-state index contributed by atoms with van der Waals surface area (Å²) in [6.07, 6.45) is 4.65. The number of morpholine rings is 1. The van der Waals surface area contributed by atoms with E-state index in [1.54, 1.807) is 0 Å². The summed E-state index contributed by atoms with van der Waals surface area (Å²) in [5.74, 6) is -1.20. The van der Waals surface area contributed by atoms with Crippen LogP contribution in [0, 0.1) is 0 Å². The average Bonchev–Trinajstić information content (AvgIpc) is 3.72. The van der Waals surface area contributed by atoms with Gasteiger partial charge in [-0.25, -0.2) is 4.67 Å². The van der Waals surface area contributed by atoms with Gasteiger partial charge in [0.1, 0.15) is 11.2 Å². The number of likely N-dealkylation sites (N-methyl/N-ethyl adjacent to an activating group) is 1. The monoisotopic (exact) mass is 683 g/mol. The van der Waals surface area contributed by atoms with E-state index >= 15 is 0 Å². The zero-order chi connectivity index (χ0) is 29.9. The van der Waals surface area contributed by atoms with Gasteiger partial charge >= 0.3 is 0 Å². The van der Waals surface area contributed by atoms with Crippen LogP contribution in [0.15, 0.2) is 60.7 Å². The minimum Gasteiger partial charge on any atom is -0.384 e. The second-order valence-electron chi connectivity index (χ2n) is 10.9. The van der Waals surface area contributed by atoms with E-state index < -0.39 is 19.2 Å². The summed E-state index contributed by atoms with van der Waals surface area (Å²) in [6.45, 7) is 10.2. The molecule has 2 N–H and O–H groups in total. The van der Waals surface area contributed by atoms with Crippen LogP contribution in [0.4, 0.5) is 0 Å². The maximum atomic E-state index is 10.4. The van der Waals surface area contributed by atoms with E-state index in [1.165, 1.54) is 18.4 Å². The summed E-state index contributed by atoms with van der Waals surface area (Å²) in [5.41, 5.74) is 1.29. The molecule has 2 aromatic rings. The second kappa shape index (κ2) is 17.6. The lowest BCUT2D eigenvalue weighted by Gasteiger charge is -2.30. The van der Waals surface area contributed by atoms with Gasteiger partial charge in [-0.1, -0.05) is 94.4 Å². The molecule has 4 heterocycles. The highest BCUT2D eigenvalue weighted by atomic mass is 36.0. The Morgan fingerprint density at radius 3 is 2.07 bits per heavy atom. The molecule has 0 aliphatic carbocycles. The highest BCUT2D eigenvalue weighted by molar-refractivity contribution is 8.20. The maximum absolute atomic E-state index is 10.4. The normalized spacial score (nSPS) is 29.2. The quantitative estimate of drug-likeness (QED) is 0.317. The number of hydrogen-bond donors (Lipinski definition) is 2. The molecule has 230 valence electrons. The Hall–Kier alpha value is 0.220. The standard InChI is InChI=1S/C12H15ClNOP.C12H17NO.C5H11NO.Cl3P/c1-12(10-6-3-2-4-7-10)11-8-5-9-14(11)16(13)15-12;1-12(14,11-8-5-9-13-11)10-6-3-2-4-7-10;1-6-2-4-7-5-3-6;1-4(2)3/h2-4,6-7,11H,5,8-9H2,1H3;2-4,6-7,11,13-14H,5,8-9H2,1H3;2-5H2,1H3;/t11-,12+,16?;11-,12+;;/m11../s1. The van der Waals surface area contributed by atoms with E-state index in [4.69, 9.17) is 54.2 Å². The molecule has 2 aromatic carbocycles. The molecule has 1 unspecified atom stereocenters. The summed E-state index contributed by atoms with van der Waals surface area (Å²) in [6, 6.07) is 21.0. The number of halogens is 4. The fourth-order valence-electron chi connectivity index (χ4n) is 5.58. The van der Waals surface area contributed by atoms with Crippen molar-refractivity contribution in [3.05, 3.63) is 71.8 Å². The van der Waals surface area contributed by atoms with Crippen LogP contribution in [0.2, 0.25) is 0 Å². The van der Waals surface area contributed by atoms with Crippen LogP contribution in [0.25, 0.3) is 0 Å². The lowest BCUT2D eigenvalue weighted by Crippen LogP contribution is -2.42. The molecular weight excluding hydrogens is 642 g/mol. The largest absolute Gasteiger partial charge is 0.384 e. The lowest BCUT2D eigenvalue weighted by molar-refractivity contribution is 0.0218. The van der Waals surface area contributed by atoms with Crippen LogP contribution in [0.1, 0.15) is 50.7 Å². The second-order valence-corrected chi connectivity index (χ2v) is 17.9. The molecule has 12 heteroatoms. The third-order valence-electron chi connectivity index (χ3n) is 8.01. The molecule has 6 nitrogen and oxygen atoms in total. The number of rotatable bonds is 3. The fraction of sp³-hybridized carbons (Fsp3) is 0.586. The van der Waals surface area contributed by atoms with Crippen LogP contribution in [0.3, 0.4) is 0 Å². The lowest BCUT2D eigenvalue weighted by atomic mass is 9.87. The van der Waals surface area contributed by atoms with Gasteiger partial charge in [0.2, 0.25) is 7.65 Å². The van der Waals surface area contributed by atoms with E-state index in [1.807, 2.05) is 43.3 Å². The molecule has 4 saturated heterocycles. The molecule has 4 aliphatic rings. The number of nitrogens with zero attached hydrogens (tertiary/aromatic N) is 2. The number of nitrogens with one attached hydrogen (secondary N) is 1. The van der Waals surface area contributed by atoms with E-state index in [9.17, 15) is 5.11 Å². The zero-order valence-corrected chi connectivity index (χ0v) is 28.9. The van der Waals surface area contributed by atoms with Gasteiger partial charge in [-0.2, -0.15) is 0 Å². The Morgan fingerprint density at radius 1 is 0.976 bits per heavy atom. The number of fused-ring (bicyclic) bond motifs is 1. The van der Waals surface area contributed by atoms with E-state index in [0.717, 1.165) is 57.8 Å². The minimum absolute atomic E-state index is 0.199. The van der Waals surface area contributed by atoms with Crippen LogP contribution < -0.4 is 5.32 Å². The summed E-state index contributed by atoms with van der Waals surface area (Å²) < 4.78 is 13.5. The van der Waals surface area contributed by atoms with Crippen molar-refractivity contribution in [3.63, 3.8) is 0 Å². The Balaban J connectivity index is 0.000000168. The average molecular weight is 685 g/mol. The Kier molecular flexibility index (Phi) is 15.4. The highest BCUT2D eigenvalue weighted by Gasteiger charge is 2.53. The minimum atomic E-state index is -1.20. The van der Waals surface area contributed by atoms with E-state index in [0.29, 0.717) is 6.04 Å². The van der Waals surface area contributed by atoms with Gasteiger partial charge in [-0.15, -0.1) is 0 Å². The van der Waals surface area contributed by atoms with E-state index in [-0.39, 0.29) is 11.6 Å². The first-order valence-corrected chi connectivity index (χ1v) is 20.2. The SMILES string of the molecule is CN1CCOCC1.C[C@@]1(c2ccccc2)OP(Cl)N2CCC[C@@H]21.C[C@](O)(c1ccccc1)[C@H]1CCCN1.ClP(Cl)Cl. The molecule has 41 heavy (non-hydrogen) atoms. The van der Waals surface area contributed by atoms with Crippen LogP contribution >= 0.6 is 58.6 Å². The van der Waals surface area contributed by atoms with Crippen molar-refractivity contribution in [1.29, 1.82) is 0 Å². The van der Waals surface area contributed by atoms with Crippen molar-refractivity contribution in [3.8, 4) is 0 Å². The van der Waals surface area contributed by atoms with Gasteiger partial charge in [-0.05, 0) is 75.5 Å². The molecule has 4 aliphatic heterocycles. The first-order chi connectivity index (χ1) is 19.6. The molecule has 0 radical (unpaired) electrons. The maximum Gasteiger partial charge on any atom is 0.208 e. The first-order valence-electron chi connectivity index (χ1n) is 14.1. The van der Waals surface area contributed by atoms with E-state index in [2.05, 4.69) is 53.1 Å². The molecular formula is C29H43Cl4N3O3P2. The summed E-state index contributed by atoms with van der Waals surface area (Å²) in [7, 11) is 1.20. The van der Waals surface area contributed by atoms with Crippen molar-refractivity contribution < 1.29 is 14.4 Å². The smallest absolute Gasteiger partial charge is 0.208 e. The molecule has 6 rings (SSSR count). The first kappa shape index (κ1) is 35.7. The fourth-order valence-corrected chi connectivity index (χ4v) is 8.05. The third-order valence-corrected chi connectivity index (χ3v) is 10.2. The molecule has 0 bridgehead atoms. The molecule has 4 fully saturated rings. The van der Waals surface area contributed by atoms with Crippen LogP contribution in [-0.2, 0) is 20.5 Å². The van der Waals surface area contributed by atoms with Crippen LogP contribution in [-0.4, -0.2) is 73.2 Å². The molecule has 5 atom stereocenters. The predicted molar refractivity (Wildman–Crippen MR) is 177 cm³/mol. The Labute approximate surface area is 267 Å². The van der Waals surface area contributed by atoms with Crippen LogP contribution in [0.5, 0.6) is 0 Å². The van der Waals surface area contributed by atoms with Gasteiger partial charge in [-0.3, -0.25) is 0 Å². The number of aliphatic hydroxyl groups is 1. The topological polar surface area (TPSA) is 57.2 Å². The zero-order valence-electron chi connectivity index (χ0n) is 24.1. The Bertz CT molecular complexity index is 1000. The van der Waals surface area contributed by atoms with Gasteiger partial charge in [0, 0.05) is 25.7 Å². The summed E-state index contributed by atoms with van der Waals surface area (Å²) >= 11 is 20.9. The van der Waals surface area contributed by atoms with Gasteiger partial charge in [0.15, 0.2) is 5.98 Å². The predicted octanol–water partition coefficient (Wildman–Crippen LogP) is 8.39. The summed E-state index contributed by atoms with van der Waals surface area (Å²) in [5, 5.41) is 13.8. The highest BCUT2D eigenvalue weighted by Crippen LogP contribution is 2.64. The number of hydrogen-bond acceptors (Lipinski definition) is 6.